The van der Waals surface area contributed by atoms with Crippen LogP contribution in [0.25, 0.3) is 0 Å². The van der Waals surface area contributed by atoms with Crippen LogP contribution >= 0.6 is 0 Å². The number of nitrogens with two attached hydrogens (primary N) is 1. The molecular formula is C11H12F2N2O. The van der Waals surface area contributed by atoms with Crippen molar-refractivity contribution >= 4 is 11.6 Å². The second-order valence-corrected chi connectivity index (χ2v) is 4.12. The average Bonchev–Trinajstić information content (AvgIpc) is 2.12. The van der Waals surface area contributed by atoms with Crippen molar-refractivity contribution in [1.29, 1.82) is 0 Å². The van der Waals surface area contributed by atoms with Gasteiger partial charge in [-0.15, -0.1) is 0 Å². The molecule has 1 aliphatic rings. The van der Waals surface area contributed by atoms with Crippen LogP contribution in [0.5, 0.6) is 0 Å². The van der Waals surface area contributed by atoms with E-state index in [-0.39, 0.29) is 11.6 Å². The molecule has 3 nitrogen and oxygen atoms in total. The molecule has 0 radical (unpaired) electrons. The van der Waals surface area contributed by atoms with Crippen LogP contribution in [0.15, 0.2) is 18.2 Å². The zero-order valence-corrected chi connectivity index (χ0v) is 8.59. The van der Waals surface area contributed by atoms with Crippen LogP contribution in [0.2, 0.25) is 0 Å². The maximum Gasteiger partial charge on any atom is 0.244 e. The fourth-order valence-corrected chi connectivity index (χ4v) is 1.67. The Bertz CT molecular complexity index is 410. The van der Waals surface area contributed by atoms with E-state index >= 15 is 0 Å². The average molecular weight is 226 g/mol. The Hall–Kier alpha value is -1.49. The molecule has 0 saturated heterocycles. The van der Waals surface area contributed by atoms with E-state index in [9.17, 15) is 13.6 Å². The third kappa shape index (κ3) is 2.04. The van der Waals surface area contributed by atoms with Gasteiger partial charge in [-0.1, -0.05) is 0 Å². The standard InChI is InChI=1S/C11H12F2N2O/c12-7-4-8(13)6-9(5-7)15-10(16)11(14)2-1-3-11/h4-6H,1-3,14H2,(H,15,16). The molecule has 0 heterocycles. The quantitative estimate of drug-likeness (QED) is 0.807. The summed E-state index contributed by atoms with van der Waals surface area (Å²) >= 11 is 0. The number of carbonyl (C=O) groups excluding carboxylic acids is 1. The second kappa shape index (κ2) is 3.83. The van der Waals surface area contributed by atoms with Crippen LogP contribution < -0.4 is 11.1 Å². The number of halogens is 2. The van der Waals surface area contributed by atoms with Crippen molar-refractivity contribution in [2.24, 2.45) is 5.73 Å². The molecule has 0 unspecified atom stereocenters. The largest absolute Gasteiger partial charge is 0.324 e. The molecule has 2 rings (SSSR count). The minimum absolute atomic E-state index is 0.0965. The van der Waals surface area contributed by atoms with Gasteiger partial charge in [-0.05, 0) is 31.4 Å². The van der Waals surface area contributed by atoms with Gasteiger partial charge < -0.3 is 11.1 Å². The minimum atomic E-state index is -0.872. The summed E-state index contributed by atoms with van der Waals surface area (Å²) in [5.74, 6) is -1.84. The smallest absolute Gasteiger partial charge is 0.244 e. The van der Waals surface area contributed by atoms with Gasteiger partial charge in [-0.3, -0.25) is 4.79 Å². The van der Waals surface area contributed by atoms with Gasteiger partial charge in [0, 0.05) is 11.8 Å². The summed E-state index contributed by atoms with van der Waals surface area (Å²) in [6.07, 6.45) is 2.12. The van der Waals surface area contributed by atoms with E-state index in [4.69, 9.17) is 5.73 Å². The first-order chi connectivity index (χ1) is 7.49. The topological polar surface area (TPSA) is 55.1 Å². The number of rotatable bonds is 2. The summed E-state index contributed by atoms with van der Waals surface area (Å²) in [6, 6.07) is 2.86. The van der Waals surface area contributed by atoms with Gasteiger partial charge in [0.05, 0.1) is 5.54 Å². The molecule has 16 heavy (non-hydrogen) atoms. The van der Waals surface area contributed by atoms with Crippen molar-refractivity contribution in [3.8, 4) is 0 Å². The number of hydrogen-bond donors (Lipinski definition) is 2. The van der Waals surface area contributed by atoms with Gasteiger partial charge in [-0.25, -0.2) is 8.78 Å². The SMILES string of the molecule is NC1(C(=O)Nc2cc(F)cc(F)c2)CCC1. The Balaban J connectivity index is 2.11. The molecule has 0 aromatic heterocycles. The molecule has 1 aromatic carbocycles. The molecule has 1 aliphatic carbocycles. The van der Waals surface area contributed by atoms with Gasteiger partial charge in [-0.2, -0.15) is 0 Å². The van der Waals surface area contributed by atoms with E-state index in [0.717, 1.165) is 24.6 Å². The van der Waals surface area contributed by atoms with E-state index in [1.54, 1.807) is 0 Å². The van der Waals surface area contributed by atoms with Crippen LogP contribution in [0.4, 0.5) is 14.5 Å². The normalized spacial score (nSPS) is 17.7. The molecule has 0 bridgehead atoms. The molecular weight excluding hydrogens is 214 g/mol. The summed E-state index contributed by atoms with van der Waals surface area (Å²) in [7, 11) is 0. The van der Waals surface area contributed by atoms with E-state index in [2.05, 4.69) is 5.32 Å². The molecule has 0 atom stereocenters. The Labute approximate surface area is 91.6 Å². The number of amides is 1. The van der Waals surface area contributed by atoms with Gasteiger partial charge in [0.1, 0.15) is 11.6 Å². The third-order valence-corrected chi connectivity index (χ3v) is 2.82. The lowest BCUT2D eigenvalue weighted by atomic mass is 9.77. The fraction of sp³-hybridized carbons (Fsp3) is 0.364. The highest BCUT2D eigenvalue weighted by molar-refractivity contribution is 5.98. The van der Waals surface area contributed by atoms with Crippen LogP contribution in [-0.4, -0.2) is 11.4 Å². The summed E-state index contributed by atoms with van der Waals surface area (Å²) < 4.78 is 25.7. The maximum absolute atomic E-state index is 12.8. The van der Waals surface area contributed by atoms with Crippen molar-refractivity contribution in [2.75, 3.05) is 5.32 Å². The Morgan fingerprint density at radius 1 is 1.25 bits per heavy atom. The monoisotopic (exact) mass is 226 g/mol. The lowest BCUT2D eigenvalue weighted by Crippen LogP contribution is -2.56. The summed E-state index contributed by atoms with van der Waals surface area (Å²) in [6.45, 7) is 0. The van der Waals surface area contributed by atoms with E-state index < -0.39 is 17.2 Å². The van der Waals surface area contributed by atoms with Crippen molar-refractivity contribution in [2.45, 2.75) is 24.8 Å². The molecule has 1 saturated carbocycles. The second-order valence-electron chi connectivity index (χ2n) is 4.12. The molecule has 3 N–H and O–H groups in total. The zero-order chi connectivity index (χ0) is 11.8. The highest BCUT2D eigenvalue weighted by atomic mass is 19.1. The predicted molar refractivity (Wildman–Crippen MR) is 55.8 cm³/mol. The van der Waals surface area contributed by atoms with E-state index in [0.29, 0.717) is 12.8 Å². The Morgan fingerprint density at radius 2 is 1.81 bits per heavy atom. The van der Waals surface area contributed by atoms with E-state index in [1.165, 1.54) is 0 Å². The first kappa shape index (κ1) is 11.0. The fourth-order valence-electron chi connectivity index (χ4n) is 1.67. The first-order valence-corrected chi connectivity index (χ1v) is 5.06. The molecule has 1 fully saturated rings. The third-order valence-electron chi connectivity index (χ3n) is 2.82. The summed E-state index contributed by atoms with van der Waals surface area (Å²) in [4.78, 5) is 11.7. The van der Waals surface area contributed by atoms with Gasteiger partial charge in [0.2, 0.25) is 5.91 Å². The maximum atomic E-state index is 12.8. The Morgan fingerprint density at radius 3 is 2.25 bits per heavy atom. The number of carbonyl (C=O) groups is 1. The molecule has 86 valence electrons. The van der Waals surface area contributed by atoms with Gasteiger partial charge in [0.25, 0.3) is 0 Å². The lowest BCUT2D eigenvalue weighted by Gasteiger charge is -2.36. The van der Waals surface area contributed by atoms with Gasteiger partial charge in [0.15, 0.2) is 0 Å². The summed E-state index contributed by atoms with van der Waals surface area (Å²) in [5, 5.41) is 2.42. The molecule has 1 amide bonds. The first-order valence-electron chi connectivity index (χ1n) is 5.06. The molecule has 1 aromatic rings. The van der Waals surface area contributed by atoms with Crippen LogP contribution in [0, 0.1) is 11.6 Å². The van der Waals surface area contributed by atoms with Crippen molar-refractivity contribution < 1.29 is 13.6 Å². The van der Waals surface area contributed by atoms with Crippen LogP contribution in [0.1, 0.15) is 19.3 Å². The highest BCUT2D eigenvalue weighted by Crippen LogP contribution is 2.30. The number of benzene rings is 1. The molecule has 5 heteroatoms. The van der Waals surface area contributed by atoms with E-state index in [1.807, 2.05) is 0 Å². The van der Waals surface area contributed by atoms with Crippen molar-refractivity contribution in [3.63, 3.8) is 0 Å². The highest BCUT2D eigenvalue weighted by Gasteiger charge is 2.40. The lowest BCUT2D eigenvalue weighted by molar-refractivity contribution is -0.123. The van der Waals surface area contributed by atoms with Gasteiger partial charge >= 0.3 is 0 Å². The number of nitrogens with one attached hydrogen (secondary N) is 1. The van der Waals surface area contributed by atoms with Crippen molar-refractivity contribution in [3.05, 3.63) is 29.8 Å². The predicted octanol–water partition coefficient (Wildman–Crippen LogP) is 1.78. The number of hydrogen-bond acceptors (Lipinski definition) is 2. The summed E-state index contributed by atoms with van der Waals surface area (Å²) in [5.41, 5.74) is 5.00. The minimum Gasteiger partial charge on any atom is -0.324 e. The van der Waals surface area contributed by atoms with Crippen LogP contribution in [0.3, 0.4) is 0 Å². The molecule has 0 spiro atoms. The number of anilines is 1. The molecule has 0 aliphatic heterocycles. The zero-order valence-electron chi connectivity index (χ0n) is 8.59. The van der Waals surface area contributed by atoms with Crippen LogP contribution in [-0.2, 0) is 4.79 Å². The Kier molecular flexibility index (Phi) is 2.63. The van der Waals surface area contributed by atoms with Crippen molar-refractivity contribution in [1.82, 2.24) is 0 Å².